The molecule has 1 fully saturated rings. The fourth-order valence-corrected chi connectivity index (χ4v) is 5.45. The summed E-state index contributed by atoms with van der Waals surface area (Å²) in [4.78, 5) is 43.9. The van der Waals surface area contributed by atoms with Crippen molar-refractivity contribution in [3.8, 4) is 0 Å². The van der Waals surface area contributed by atoms with Gasteiger partial charge in [-0.25, -0.2) is 9.78 Å². The van der Waals surface area contributed by atoms with Crippen molar-refractivity contribution in [2.45, 2.75) is 59.4 Å². The molecule has 1 atom stereocenters. The zero-order valence-electron chi connectivity index (χ0n) is 24.4. The summed E-state index contributed by atoms with van der Waals surface area (Å²) in [7, 11) is 0. The van der Waals surface area contributed by atoms with Crippen molar-refractivity contribution >= 4 is 29.2 Å². The van der Waals surface area contributed by atoms with Gasteiger partial charge in [0.05, 0.1) is 0 Å². The van der Waals surface area contributed by atoms with Crippen molar-refractivity contribution in [1.29, 1.82) is 0 Å². The molecule has 3 N–H and O–H groups in total. The van der Waals surface area contributed by atoms with E-state index < -0.39 is 17.9 Å². The number of hydrogen-bond donors (Lipinski definition) is 3. The summed E-state index contributed by atoms with van der Waals surface area (Å²) in [6.45, 7) is 10.1. The third-order valence-electron chi connectivity index (χ3n) is 7.88. The van der Waals surface area contributed by atoms with Gasteiger partial charge in [-0.05, 0) is 105 Å². The smallest absolute Gasteiger partial charge is 0.326 e. The number of carboxylic acid groups (broad SMARTS) is 1. The Kier molecular flexibility index (Phi) is 9.76. The minimum atomic E-state index is -1.09. The number of piperidine rings is 1. The highest BCUT2D eigenvalue weighted by Gasteiger charge is 2.25. The van der Waals surface area contributed by atoms with Crippen LogP contribution >= 0.6 is 0 Å². The highest BCUT2D eigenvalue weighted by Crippen LogP contribution is 2.25. The molecule has 1 saturated heterocycles. The average Bonchev–Trinajstić information content (AvgIpc) is 2.95. The van der Waals surface area contributed by atoms with Crippen molar-refractivity contribution in [2.24, 2.45) is 5.92 Å². The molecule has 0 aliphatic carbocycles. The zero-order chi connectivity index (χ0) is 29.5. The predicted octanol–water partition coefficient (Wildman–Crippen LogP) is 5.22. The van der Waals surface area contributed by atoms with Crippen molar-refractivity contribution in [1.82, 2.24) is 10.3 Å². The number of hydrogen-bond acceptors (Lipinski definition) is 6. The van der Waals surface area contributed by atoms with E-state index in [0.29, 0.717) is 29.0 Å². The summed E-state index contributed by atoms with van der Waals surface area (Å²) in [5.41, 5.74) is 5.52. The summed E-state index contributed by atoms with van der Waals surface area (Å²) in [5.74, 6) is -0.0864. The van der Waals surface area contributed by atoms with Gasteiger partial charge in [0.25, 0.3) is 5.91 Å². The van der Waals surface area contributed by atoms with Crippen LogP contribution in [0.15, 0.2) is 54.7 Å². The maximum Gasteiger partial charge on any atom is 0.326 e. The Morgan fingerprint density at radius 1 is 1.05 bits per heavy atom. The number of nitrogens with zero attached hydrogens (tertiary/aromatic N) is 2. The highest BCUT2D eigenvalue weighted by atomic mass is 16.4. The van der Waals surface area contributed by atoms with Gasteiger partial charge in [0.15, 0.2) is 5.78 Å². The molecule has 0 saturated carbocycles. The van der Waals surface area contributed by atoms with E-state index in [0.717, 1.165) is 55.1 Å². The normalized spacial score (nSPS) is 14.4. The molecule has 0 bridgehead atoms. The molecule has 0 radical (unpaired) electrons. The summed E-state index contributed by atoms with van der Waals surface area (Å²) >= 11 is 0. The second kappa shape index (κ2) is 13.4. The second-order valence-corrected chi connectivity index (χ2v) is 11.0. The van der Waals surface area contributed by atoms with E-state index in [2.05, 4.69) is 33.5 Å². The number of carboxylic acids is 1. The number of amides is 1. The largest absolute Gasteiger partial charge is 0.480 e. The van der Waals surface area contributed by atoms with Crippen LogP contribution in [0, 0.1) is 19.8 Å². The van der Waals surface area contributed by atoms with Crippen LogP contribution in [-0.4, -0.2) is 53.4 Å². The van der Waals surface area contributed by atoms with Gasteiger partial charge in [-0.15, -0.1) is 0 Å². The molecule has 1 unspecified atom stereocenters. The molecule has 8 heteroatoms. The van der Waals surface area contributed by atoms with Crippen molar-refractivity contribution < 1.29 is 19.5 Å². The lowest BCUT2D eigenvalue weighted by molar-refractivity contribution is -0.139. The molecule has 216 valence electrons. The van der Waals surface area contributed by atoms with E-state index in [1.165, 1.54) is 12.5 Å². The number of pyridine rings is 1. The van der Waals surface area contributed by atoms with Gasteiger partial charge in [-0.2, -0.15) is 0 Å². The highest BCUT2D eigenvalue weighted by molar-refractivity contribution is 6.01. The first kappa shape index (κ1) is 29.8. The Labute approximate surface area is 242 Å². The van der Waals surface area contributed by atoms with Crippen molar-refractivity contribution in [2.75, 3.05) is 29.9 Å². The lowest BCUT2D eigenvalue weighted by Crippen LogP contribution is -2.43. The van der Waals surface area contributed by atoms with Gasteiger partial charge in [0.2, 0.25) is 0 Å². The van der Waals surface area contributed by atoms with Gasteiger partial charge in [0, 0.05) is 49.1 Å². The minimum Gasteiger partial charge on any atom is -0.480 e. The van der Waals surface area contributed by atoms with E-state index in [1.54, 1.807) is 19.1 Å². The average molecular weight is 557 g/mol. The molecule has 1 aliphatic rings. The van der Waals surface area contributed by atoms with Crippen molar-refractivity contribution in [3.05, 3.63) is 88.1 Å². The zero-order valence-corrected chi connectivity index (χ0v) is 24.4. The van der Waals surface area contributed by atoms with E-state index in [9.17, 15) is 19.5 Å². The number of aliphatic carboxylic acids is 1. The quantitative estimate of drug-likeness (QED) is 0.278. The molecule has 4 rings (SSSR count). The van der Waals surface area contributed by atoms with Crippen LogP contribution < -0.4 is 15.5 Å². The molecule has 0 spiro atoms. The Balaban J connectivity index is 1.33. The maximum absolute atomic E-state index is 13.2. The maximum atomic E-state index is 13.2. The minimum absolute atomic E-state index is 0.0707. The fraction of sp³-hybridized carbons (Fsp3) is 0.394. The first-order valence-corrected chi connectivity index (χ1v) is 14.3. The van der Waals surface area contributed by atoms with E-state index in [1.807, 2.05) is 43.5 Å². The fourth-order valence-electron chi connectivity index (χ4n) is 5.45. The summed E-state index contributed by atoms with van der Waals surface area (Å²) in [6.07, 6.45) is 4.73. The Hall–Kier alpha value is -4.20. The van der Waals surface area contributed by atoms with Gasteiger partial charge >= 0.3 is 5.97 Å². The topological polar surface area (TPSA) is 112 Å². The lowest BCUT2D eigenvalue weighted by atomic mass is 9.94. The summed E-state index contributed by atoms with van der Waals surface area (Å²) in [5, 5.41) is 16.1. The number of nitrogens with one attached hydrogen (secondary N) is 2. The number of aryl methyl sites for hydroxylation is 3. The number of ketones is 1. The number of Topliss-reactive ketones (excluding diaryl/α,β-unsaturated/α-hetero) is 1. The second-order valence-electron chi connectivity index (χ2n) is 11.0. The van der Waals surface area contributed by atoms with E-state index in [4.69, 9.17) is 0 Å². The van der Waals surface area contributed by atoms with Gasteiger partial charge < -0.3 is 20.6 Å². The summed E-state index contributed by atoms with van der Waals surface area (Å²) in [6, 6.07) is 14.3. The Morgan fingerprint density at radius 3 is 2.37 bits per heavy atom. The van der Waals surface area contributed by atoms with Crippen LogP contribution in [0.1, 0.15) is 69.7 Å². The molecule has 2 heterocycles. The molecule has 8 nitrogen and oxygen atoms in total. The monoisotopic (exact) mass is 556 g/mol. The molecule has 2 aromatic carbocycles. The molecular weight excluding hydrogens is 516 g/mol. The summed E-state index contributed by atoms with van der Waals surface area (Å²) < 4.78 is 0. The third-order valence-corrected chi connectivity index (χ3v) is 7.88. The van der Waals surface area contributed by atoms with Crippen LogP contribution in [0.5, 0.6) is 0 Å². The van der Waals surface area contributed by atoms with Gasteiger partial charge in [0.1, 0.15) is 11.9 Å². The molecule has 3 aromatic rings. The first-order valence-electron chi connectivity index (χ1n) is 14.3. The molecule has 1 amide bonds. The molecule has 1 aromatic heterocycles. The lowest BCUT2D eigenvalue weighted by Gasteiger charge is -2.34. The molecule has 1 aliphatic heterocycles. The van der Waals surface area contributed by atoms with Crippen molar-refractivity contribution in [3.63, 3.8) is 0 Å². The Bertz CT molecular complexity index is 1390. The number of rotatable bonds is 11. The predicted molar refractivity (Wildman–Crippen MR) is 162 cm³/mol. The molecular formula is C33H40N4O4. The van der Waals surface area contributed by atoms with Crippen LogP contribution in [0.2, 0.25) is 0 Å². The number of carbonyl (C=O) groups excluding carboxylic acids is 2. The van der Waals surface area contributed by atoms with E-state index >= 15 is 0 Å². The Morgan fingerprint density at radius 2 is 1.76 bits per heavy atom. The number of anilines is 2. The van der Waals surface area contributed by atoms with E-state index in [-0.39, 0.29) is 12.2 Å². The SMILES string of the molecule is CCc1cc(C(C)=O)cc(C)c1C(=O)NC(Cc1ccc(N2CCC(CNc3cc(C)ccn3)CC2)cc1)C(=O)O. The third kappa shape index (κ3) is 7.72. The van der Waals surface area contributed by atoms with Crippen LogP contribution in [0.4, 0.5) is 11.5 Å². The van der Waals surface area contributed by atoms with Crippen LogP contribution in [0.3, 0.4) is 0 Å². The standard InChI is InChI=1S/C33H40N4O4/c1-5-26-19-27(23(4)38)17-22(3)31(26)32(39)36-29(33(40)41)18-24-6-8-28(9-7-24)37-14-11-25(12-15-37)20-35-30-16-21(2)10-13-34-30/h6-10,13,16-17,19,25,29H,5,11-12,14-15,18,20H2,1-4H3,(H,34,35)(H,36,39)(H,40,41). The van der Waals surface area contributed by atoms with Crippen LogP contribution in [-0.2, 0) is 17.6 Å². The number of aromatic nitrogens is 1. The van der Waals surface area contributed by atoms with Gasteiger partial charge in [-0.3, -0.25) is 9.59 Å². The molecule has 41 heavy (non-hydrogen) atoms. The first-order chi connectivity index (χ1) is 19.6. The number of benzene rings is 2. The number of carbonyl (C=O) groups is 3. The van der Waals surface area contributed by atoms with Gasteiger partial charge in [-0.1, -0.05) is 19.1 Å². The van der Waals surface area contributed by atoms with Crippen LogP contribution in [0.25, 0.3) is 0 Å².